The number of hydrogen-bond acceptors (Lipinski definition) is 3. The maximum Gasteiger partial charge on any atom is 0.254 e. The van der Waals surface area contributed by atoms with E-state index in [0.29, 0.717) is 5.56 Å². The first kappa shape index (κ1) is 17.8. The summed E-state index contributed by atoms with van der Waals surface area (Å²) >= 11 is 0. The molecule has 2 rings (SSSR count). The smallest absolute Gasteiger partial charge is 0.254 e. The SMILES string of the molecule is CN(C)c1cc(C(=O)N(C)C2CC(C)(C)CC(C)(C)C2)ccn1. The number of carbonyl (C=O) groups is 1. The maximum atomic E-state index is 12.9. The average molecular weight is 317 g/mol. The monoisotopic (exact) mass is 317 g/mol. The van der Waals surface area contributed by atoms with E-state index in [1.807, 2.05) is 43.1 Å². The van der Waals surface area contributed by atoms with Gasteiger partial charge in [0, 0.05) is 38.9 Å². The van der Waals surface area contributed by atoms with Gasteiger partial charge in [-0.05, 0) is 42.2 Å². The molecule has 1 aromatic rings. The Balaban J connectivity index is 2.20. The topological polar surface area (TPSA) is 36.4 Å². The predicted molar refractivity (Wildman–Crippen MR) is 95.9 cm³/mol. The van der Waals surface area contributed by atoms with Crippen molar-refractivity contribution in [1.29, 1.82) is 0 Å². The molecule has 4 heteroatoms. The Morgan fingerprint density at radius 1 is 1.13 bits per heavy atom. The number of amides is 1. The molecule has 0 aromatic carbocycles. The highest BCUT2D eigenvalue weighted by Crippen LogP contribution is 2.47. The third-order valence-electron chi connectivity index (χ3n) is 4.85. The zero-order valence-electron chi connectivity index (χ0n) is 15.7. The van der Waals surface area contributed by atoms with Crippen LogP contribution in [0.15, 0.2) is 18.3 Å². The summed E-state index contributed by atoms with van der Waals surface area (Å²) in [7, 11) is 5.82. The molecule has 0 atom stereocenters. The van der Waals surface area contributed by atoms with Crippen LogP contribution < -0.4 is 4.90 Å². The fraction of sp³-hybridized carbons (Fsp3) is 0.684. The van der Waals surface area contributed by atoms with E-state index in [0.717, 1.165) is 18.7 Å². The Hall–Kier alpha value is -1.58. The summed E-state index contributed by atoms with van der Waals surface area (Å²) in [6.07, 6.45) is 5.04. The van der Waals surface area contributed by atoms with Gasteiger partial charge < -0.3 is 9.80 Å². The minimum absolute atomic E-state index is 0.0917. The first-order valence-corrected chi connectivity index (χ1v) is 8.41. The van der Waals surface area contributed by atoms with Gasteiger partial charge in [-0.15, -0.1) is 0 Å². The van der Waals surface area contributed by atoms with E-state index in [9.17, 15) is 4.79 Å². The van der Waals surface area contributed by atoms with E-state index >= 15 is 0 Å². The lowest BCUT2D eigenvalue weighted by Crippen LogP contribution is -2.47. The van der Waals surface area contributed by atoms with Gasteiger partial charge in [-0.3, -0.25) is 4.79 Å². The van der Waals surface area contributed by atoms with Gasteiger partial charge in [-0.1, -0.05) is 27.7 Å². The van der Waals surface area contributed by atoms with Gasteiger partial charge in [0.15, 0.2) is 0 Å². The second-order valence-corrected chi connectivity index (χ2v) is 8.78. The predicted octanol–water partition coefficient (Wildman–Crippen LogP) is 3.82. The Morgan fingerprint density at radius 2 is 1.70 bits per heavy atom. The van der Waals surface area contributed by atoms with Crippen molar-refractivity contribution in [3.63, 3.8) is 0 Å². The minimum Gasteiger partial charge on any atom is -0.363 e. The number of hydrogen-bond donors (Lipinski definition) is 0. The molecular formula is C19H31N3O. The van der Waals surface area contributed by atoms with Crippen LogP contribution in [0.2, 0.25) is 0 Å². The molecule has 1 heterocycles. The summed E-state index contributed by atoms with van der Waals surface area (Å²) in [5.74, 6) is 0.905. The van der Waals surface area contributed by atoms with Crippen LogP contribution in [-0.2, 0) is 0 Å². The number of rotatable bonds is 3. The summed E-state index contributed by atoms with van der Waals surface area (Å²) in [4.78, 5) is 21.1. The lowest BCUT2D eigenvalue weighted by atomic mass is 9.63. The Kier molecular flexibility index (Phi) is 4.74. The third kappa shape index (κ3) is 4.24. The van der Waals surface area contributed by atoms with E-state index in [4.69, 9.17) is 0 Å². The van der Waals surface area contributed by atoms with E-state index in [1.165, 1.54) is 6.42 Å². The molecular weight excluding hydrogens is 286 g/mol. The second kappa shape index (κ2) is 6.14. The van der Waals surface area contributed by atoms with Crippen LogP contribution in [0.5, 0.6) is 0 Å². The first-order chi connectivity index (χ1) is 10.5. The van der Waals surface area contributed by atoms with Crippen LogP contribution in [0.1, 0.15) is 57.3 Å². The number of nitrogens with zero attached hydrogens (tertiary/aromatic N) is 3. The van der Waals surface area contributed by atoms with Crippen molar-refractivity contribution in [3.8, 4) is 0 Å². The molecule has 0 bridgehead atoms. The summed E-state index contributed by atoms with van der Waals surface area (Å²) in [6, 6.07) is 3.97. The fourth-order valence-electron chi connectivity index (χ4n) is 4.23. The van der Waals surface area contributed by atoms with Gasteiger partial charge in [0.1, 0.15) is 5.82 Å². The maximum absolute atomic E-state index is 12.9. The molecule has 0 N–H and O–H groups in total. The minimum atomic E-state index is 0.0917. The molecule has 1 aliphatic rings. The molecule has 0 aliphatic heterocycles. The van der Waals surface area contributed by atoms with E-state index in [2.05, 4.69) is 32.7 Å². The number of aromatic nitrogens is 1. The number of anilines is 1. The summed E-state index contributed by atoms with van der Waals surface area (Å²) in [5.41, 5.74) is 1.26. The molecule has 1 aromatic heterocycles. The van der Waals surface area contributed by atoms with Gasteiger partial charge in [0.2, 0.25) is 0 Å². The van der Waals surface area contributed by atoms with Crippen molar-refractivity contribution in [1.82, 2.24) is 9.88 Å². The van der Waals surface area contributed by atoms with Crippen molar-refractivity contribution < 1.29 is 4.79 Å². The number of pyridine rings is 1. The Bertz CT molecular complexity index is 562. The van der Waals surface area contributed by atoms with Crippen LogP contribution in [0.25, 0.3) is 0 Å². The van der Waals surface area contributed by atoms with Gasteiger partial charge in [-0.2, -0.15) is 0 Å². The van der Waals surface area contributed by atoms with E-state index in [1.54, 1.807) is 6.20 Å². The first-order valence-electron chi connectivity index (χ1n) is 8.41. The standard InChI is InChI=1S/C19H31N3O/c1-18(2)11-15(12-19(3,4)13-18)22(7)17(23)14-8-9-20-16(10-14)21(5)6/h8-10,15H,11-13H2,1-7H3. The van der Waals surface area contributed by atoms with Gasteiger partial charge in [-0.25, -0.2) is 4.98 Å². The third-order valence-corrected chi connectivity index (χ3v) is 4.85. The van der Waals surface area contributed by atoms with Crippen molar-refractivity contribution in [2.24, 2.45) is 10.8 Å². The second-order valence-electron chi connectivity index (χ2n) is 8.78. The zero-order valence-corrected chi connectivity index (χ0v) is 15.7. The highest BCUT2D eigenvalue weighted by Gasteiger charge is 2.40. The average Bonchev–Trinajstić information content (AvgIpc) is 2.42. The largest absolute Gasteiger partial charge is 0.363 e. The van der Waals surface area contributed by atoms with Crippen LogP contribution >= 0.6 is 0 Å². The molecule has 1 amide bonds. The van der Waals surface area contributed by atoms with Crippen LogP contribution in [0.4, 0.5) is 5.82 Å². The van der Waals surface area contributed by atoms with Gasteiger partial charge in [0.25, 0.3) is 5.91 Å². The summed E-state index contributed by atoms with van der Waals surface area (Å²) in [5, 5.41) is 0. The highest BCUT2D eigenvalue weighted by atomic mass is 16.2. The molecule has 0 spiro atoms. The van der Waals surface area contributed by atoms with Crippen molar-refractivity contribution in [3.05, 3.63) is 23.9 Å². The zero-order chi connectivity index (χ0) is 17.4. The fourth-order valence-corrected chi connectivity index (χ4v) is 4.23. The van der Waals surface area contributed by atoms with Gasteiger partial charge >= 0.3 is 0 Å². The lowest BCUT2D eigenvalue weighted by molar-refractivity contribution is 0.0302. The molecule has 0 radical (unpaired) electrons. The summed E-state index contributed by atoms with van der Waals surface area (Å²) < 4.78 is 0. The molecule has 0 unspecified atom stereocenters. The van der Waals surface area contributed by atoms with Crippen molar-refractivity contribution in [2.45, 2.75) is 53.0 Å². The van der Waals surface area contributed by atoms with Crippen molar-refractivity contribution >= 4 is 11.7 Å². The molecule has 1 saturated carbocycles. The molecule has 23 heavy (non-hydrogen) atoms. The van der Waals surface area contributed by atoms with E-state index < -0.39 is 0 Å². The number of carbonyl (C=O) groups excluding carboxylic acids is 1. The Labute approximate surface area is 140 Å². The molecule has 0 saturated heterocycles. The highest BCUT2D eigenvalue weighted by molar-refractivity contribution is 5.94. The van der Waals surface area contributed by atoms with Gasteiger partial charge in [0.05, 0.1) is 0 Å². The van der Waals surface area contributed by atoms with E-state index in [-0.39, 0.29) is 22.8 Å². The normalized spacial score (nSPS) is 20.1. The quantitative estimate of drug-likeness (QED) is 0.850. The molecule has 4 nitrogen and oxygen atoms in total. The van der Waals surface area contributed by atoms with Crippen LogP contribution in [0, 0.1) is 10.8 Å². The Morgan fingerprint density at radius 3 is 2.22 bits per heavy atom. The van der Waals surface area contributed by atoms with Crippen LogP contribution in [-0.4, -0.2) is 43.0 Å². The van der Waals surface area contributed by atoms with Crippen molar-refractivity contribution in [2.75, 3.05) is 26.0 Å². The summed E-state index contributed by atoms with van der Waals surface area (Å²) in [6.45, 7) is 9.26. The van der Waals surface area contributed by atoms with Crippen LogP contribution in [0.3, 0.4) is 0 Å². The molecule has 1 fully saturated rings. The molecule has 128 valence electrons. The molecule has 1 aliphatic carbocycles. The lowest BCUT2D eigenvalue weighted by Gasteiger charge is -2.47.